The Morgan fingerprint density at radius 1 is 0.800 bits per heavy atom. The minimum Gasteiger partial charge on any atom is -0.211 e. The number of rotatable bonds is 0. The summed E-state index contributed by atoms with van der Waals surface area (Å²) in [5.41, 5.74) is 5.44. The Labute approximate surface area is 104 Å². The molecule has 0 aliphatic heterocycles. The fourth-order valence-corrected chi connectivity index (χ4v) is 1.44. The molecule has 1 heteroatoms. The number of hydrogen-bond acceptors (Lipinski definition) is 0. The van der Waals surface area contributed by atoms with Gasteiger partial charge in [0, 0.05) is 0 Å². The molecule has 0 saturated carbocycles. The summed E-state index contributed by atoms with van der Waals surface area (Å²) in [6.45, 7) is 8.42. The molecule has 80 valence electrons. The fraction of sp³-hybridized carbons (Fsp3) is 0.286. The van der Waals surface area contributed by atoms with Gasteiger partial charge in [0.2, 0.25) is 0 Å². The van der Waals surface area contributed by atoms with Crippen LogP contribution in [0.15, 0.2) is 36.4 Å². The second kappa shape index (κ2) is 6.67. The summed E-state index contributed by atoms with van der Waals surface area (Å²) in [5, 5.41) is 0. The molecule has 0 radical (unpaired) electrons. The largest absolute Gasteiger partial charge is 2.00 e. The molecule has 0 aromatic heterocycles. The van der Waals surface area contributed by atoms with Gasteiger partial charge in [-0.15, -0.1) is 0 Å². The van der Waals surface area contributed by atoms with Gasteiger partial charge in [-0.2, -0.15) is 35.4 Å². The van der Waals surface area contributed by atoms with Crippen molar-refractivity contribution in [3.63, 3.8) is 0 Å². The van der Waals surface area contributed by atoms with Crippen LogP contribution in [0.5, 0.6) is 0 Å². The molecule has 0 amide bonds. The first-order valence-electron chi connectivity index (χ1n) is 4.98. The first kappa shape index (κ1) is 14.2. The van der Waals surface area contributed by atoms with E-state index in [1.54, 1.807) is 0 Å². The van der Waals surface area contributed by atoms with Crippen LogP contribution in [0.25, 0.3) is 0 Å². The Morgan fingerprint density at radius 3 is 1.20 bits per heavy atom. The van der Waals surface area contributed by atoms with Crippen molar-refractivity contribution in [1.29, 1.82) is 0 Å². The smallest absolute Gasteiger partial charge is 0.211 e. The van der Waals surface area contributed by atoms with Crippen LogP contribution in [0.4, 0.5) is 0 Å². The first-order valence-corrected chi connectivity index (χ1v) is 4.98. The molecule has 0 atom stereocenters. The third-order valence-corrected chi connectivity index (χ3v) is 2.13. The van der Waals surface area contributed by atoms with Crippen LogP contribution in [0.2, 0.25) is 0 Å². The van der Waals surface area contributed by atoms with Gasteiger partial charge in [-0.05, 0) is 0 Å². The average Bonchev–Trinajstić information content (AvgIpc) is 2.63. The van der Waals surface area contributed by atoms with Crippen molar-refractivity contribution in [3.05, 3.63) is 58.7 Å². The van der Waals surface area contributed by atoms with E-state index in [1.165, 1.54) is 22.3 Å². The maximum atomic E-state index is 2.17. The molecular formula is C14H18Cr. The van der Waals surface area contributed by atoms with Crippen LogP contribution in [0.1, 0.15) is 22.3 Å². The number of aryl methyl sites for hydroxylation is 4. The Balaban J connectivity index is 0.000000245. The van der Waals surface area contributed by atoms with Crippen LogP contribution in [-0.2, 0) is 17.4 Å². The van der Waals surface area contributed by atoms with Gasteiger partial charge >= 0.3 is 17.4 Å². The van der Waals surface area contributed by atoms with Crippen molar-refractivity contribution < 1.29 is 17.4 Å². The Kier molecular flexibility index (Phi) is 6.33. The molecule has 0 N–H and O–H groups in total. The van der Waals surface area contributed by atoms with Gasteiger partial charge in [0.05, 0.1) is 0 Å². The second-order valence-corrected chi connectivity index (χ2v) is 3.93. The summed E-state index contributed by atoms with van der Waals surface area (Å²) in [4.78, 5) is 0. The number of hydrogen-bond donors (Lipinski definition) is 0. The molecule has 2 aromatic rings. The predicted molar refractivity (Wildman–Crippen MR) is 63.0 cm³/mol. The Bertz CT molecular complexity index is 308. The maximum absolute atomic E-state index is 2.17. The van der Waals surface area contributed by atoms with E-state index in [-0.39, 0.29) is 17.4 Å². The van der Waals surface area contributed by atoms with E-state index in [0.717, 1.165) is 0 Å². The molecule has 0 spiro atoms. The molecule has 0 aliphatic carbocycles. The molecule has 2 aromatic carbocycles. The summed E-state index contributed by atoms with van der Waals surface area (Å²) in [6, 6.07) is 12.8. The molecular weight excluding hydrogens is 220 g/mol. The van der Waals surface area contributed by atoms with Gasteiger partial charge in [-0.3, -0.25) is 0 Å². The summed E-state index contributed by atoms with van der Waals surface area (Å²) >= 11 is 0. The normalized spacial score (nSPS) is 8.80. The van der Waals surface area contributed by atoms with Gasteiger partial charge in [0.1, 0.15) is 0 Å². The quantitative estimate of drug-likeness (QED) is 0.607. The van der Waals surface area contributed by atoms with Crippen LogP contribution in [0.3, 0.4) is 0 Å². The first-order chi connectivity index (χ1) is 6.58. The summed E-state index contributed by atoms with van der Waals surface area (Å²) in [7, 11) is 0. The third kappa shape index (κ3) is 5.62. The van der Waals surface area contributed by atoms with E-state index in [2.05, 4.69) is 64.1 Å². The van der Waals surface area contributed by atoms with Crippen molar-refractivity contribution >= 4 is 0 Å². The molecule has 0 bridgehead atoms. The molecule has 0 fully saturated rings. The van der Waals surface area contributed by atoms with Crippen LogP contribution >= 0.6 is 0 Å². The Morgan fingerprint density at radius 2 is 1.13 bits per heavy atom. The molecule has 15 heavy (non-hydrogen) atoms. The summed E-state index contributed by atoms with van der Waals surface area (Å²) < 4.78 is 0. The zero-order valence-electron chi connectivity index (χ0n) is 9.87. The fourth-order valence-electron chi connectivity index (χ4n) is 1.44. The second-order valence-electron chi connectivity index (χ2n) is 3.93. The van der Waals surface area contributed by atoms with Crippen LogP contribution in [0, 0.1) is 27.7 Å². The van der Waals surface area contributed by atoms with Crippen LogP contribution < -0.4 is 0 Å². The van der Waals surface area contributed by atoms with Gasteiger partial charge in [0.25, 0.3) is 0 Å². The van der Waals surface area contributed by atoms with Gasteiger partial charge < -0.3 is 0 Å². The average molecular weight is 238 g/mol. The van der Waals surface area contributed by atoms with Crippen molar-refractivity contribution in [1.82, 2.24) is 0 Å². The molecule has 0 heterocycles. The van der Waals surface area contributed by atoms with Gasteiger partial charge in [0.15, 0.2) is 0 Å². The SMILES string of the molecule is Cc1cc[c-](C)c1.Cc1cc[c-](C)c1.[Cr+2]. The maximum Gasteiger partial charge on any atom is 2.00 e. The van der Waals surface area contributed by atoms with Crippen LogP contribution in [-0.4, -0.2) is 0 Å². The predicted octanol–water partition coefficient (Wildman–Crippen LogP) is 4.04. The minimum absolute atomic E-state index is 0. The van der Waals surface area contributed by atoms with E-state index in [4.69, 9.17) is 0 Å². The van der Waals surface area contributed by atoms with E-state index in [9.17, 15) is 0 Å². The van der Waals surface area contributed by atoms with Gasteiger partial charge in [-0.1, -0.05) is 27.7 Å². The zero-order chi connectivity index (χ0) is 10.6. The van der Waals surface area contributed by atoms with E-state index in [1.807, 2.05) is 0 Å². The molecule has 0 aliphatic rings. The van der Waals surface area contributed by atoms with Crippen molar-refractivity contribution in [2.45, 2.75) is 27.7 Å². The van der Waals surface area contributed by atoms with Crippen molar-refractivity contribution in [2.24, 2.45) is 0 Å². The van der Waals surface area contributed by atoms with Crippen molar-refractivity contribution in [3.8, 4) is 0 Å². The van der Waals surface area contributed by atoms with E-state index < -0.39 is 0 Å². The Hall–Kier alpha value is -0.768. The van der Waals surface area contributed by atoms with Crippen molar-refractivity contribution in [2.75, 3.05) is 0 Å². The minimum atomic E-state index is 0. The molecule has 0 unspecified atom stereocenters. The molecule has 0 saturated heterocycles. The van der Waals surface area contributed by atoms with E-state index >= 15 is 0 Å². The monoisotopic (exact) mass is 238 g/mol. The third-order valence-electron chi connectivity index (χ3n) is 2.13. The zero-order valence-corrected chi connectivity index (χ0v) is 11.1. The molecule has 2 rings (SSSR count). The summed E-state index contributed by atoms with van der Waals surface area (Å²) in [6.07, 6.45) is 0. The molecule has 0 nitrogen and oxygen atoms in total. The standard InChI is InChI=1S/2C7H9.Cr/c2*1-6-3-4-7(2)5-6;/h2*3-5H,1-2H3;/q2*-1;+2. The topological polar surface area (TPSA) is 0 Å². The van der Waals surface area contributed by atoms with Gasteiger partial charge in [-0.25, -0.2) is 23.3 Å². The summed E-state index contributed by atoms with van der Waals surface area (Å²) in [5.74, 6) is 0. The van der Waals surface area contributed by atoms with E-state index in [0.29, 0.717) is 0 Å².